The van der Waals surface area contributed by atoms with Crippen molar-refractivity contribution in [3.05, 3.63) is 21.4 Å². The molecule has 0 saturated carbocycles. The van der Waals surface area contributed by atoms with Crippen molar-refractivity contribution >= 4 is 44.3 Å². The molecular weight excluding hydrogens is 471 g/mol. The average Bonchev–Trinajstić information content (AvgIpc) is 3.33. The van der Waals surface area contributed by atoms with Crippen LogP contribution in [-0.4, -0.2) is 52.7 Å². The van der Waals surface area contributed by atoms with E-state index in [-0.39, 0.29) is 22.1 Å². The molecule has 0 spiro atoms. The van der Waals surface area contributed by atoms with Gasteiger partial charge in [-0.1, -0.05) is 18.0 Å². The van der Waals surface area contributed by atoms with Gasteiger partial charge in [-0.3, -0.25) is 4.90 Å². The molecule has 1 unspecified atom stereocenters. The van der Waals surface area contributed by atoms with E-state index in [4.69, 9.17) is 21.3 Å². The number of benzene rings is 1. The molecule has 4 heterocycles. The Morgan fingerprint density at radius 1 is 1.17 bits per heavy atom. The van der Waals surface area contributed by atoms with Crippen LogP contribution >= 0.6 is 27.5 Å². The molecule has 0 amide bonds. The fraction of sp³-hybridized carbons (Fsp3) is 0.636. The summed E-state index contributed by atoms with van der Waals surface area (Å²) in [6.07, 6.45) is 8.34. The highest BCUT2D eigenvalue weighted by Crippen LogP contribution is 2.44. The van der Waals surface area contributed by atoms with Gasteiger partial charge in [0, 0.05) is 24.0 Å². The van der Waals surface area contributed by atoms with Crippen LogP contribution in [-0.2, 0) is 0 Å². The van der Waals surface area contributed by atoms with Gasteiger partial charge >= 0.3 is 6.01 Å². The van der Waals surface area contributed by atoms with Crippen molar-refractivity contribution < 1.29 is 9.13 Å². The SMILES string of the molecule is CC(CN1CCCCC1)Oc1nc(N2C3CCC2CC3)c2cc(Cl)c(Br)c(F)c2n1. The summed E-state index contributed by atoms with van der Waals surface area (Å²) in [4.78, 5) is 14.1. The number of aromatic nitrogens is 2. The molecule has 30 heavy (non-hydrogen) atoms. The first-order chi connectivity index (χ1) is 14.5. The summed E-state index contributed by atoms with van der Waals surface area (Å²) >= 11 is 9.55. The normalized spacial score (nSPS) is 25.3. The molecule has 3 fully saturated rings. The molecule has 1 aromatic heterocycles. The van der Waals surface area contributed by atoms with Crippen molar-refractivity contribution in [2.24, 2.45) is 0 Å². The van der Waals surface area contributed by atoms with Crippen LogP contribution in [0.4, 0.5) is 10.2 Å². The molecule has 2 aromatic rings. The number of anilines is 1. The van der Waals surface area contributed by atoms with Crippen molar-refractivity contribution in [3.8, 4) is 6.01 Å². The van der Waals surface area contributed by atoms with Gasteiger partial charge in [0.1, 0.15) is 17.4 Å². The summed E-state index contributed by atoms with van der Waals surface area (Å²) in [5, 5.41) is 0.999. The molecule has 3 aliphatic rings. The van der Waals surface area contributed by atoms with Gasteiger partial charge in [0.05, 0.1) is 9.50 Å². The lowest BCUT2D eigenvalue weighted by molar-refractivity contribution is 0.123. The first kappa shape index (κ1) is 20.7. The van der Waals surface area contributed by atoms with Crippen molar-refractivity contribution in [2.75, 3.05) is 24.5 Å². The zero-order chi connectivity index (χ0) is 20.8. The monoisotopic (exact) mass is 496 g/mol. The van der Waals surface area contributed by atoms with Crippen molar-refractivity contribution in [1.29, 1.82) is 0 Å². The third-order valence-corrected chi connectivity index (χ3v) is 8.06. The van der Waals surface area contributed by atoms with Crippen molar-refractivity contribution in [2.45, 2.75) is 70.1 Å². The fourth-order valence-electron chi connectivity index (χ4n) is 5.37. The van der Waals surface area contributed by atoms with Crippen LogP contribution in [0.15, 0.2) is 10.5 Å². The van der Waals surface area contributed by atoms with Crippen LogP contribution < -0.4 is 9.64 Å². The Morgan fingerprint density at radius 3 is 2.50 bits per heavy atom. The van der Waals surface area contributed by atoms with E-state index < -0.39 is 5.82 Å². The van der Waals surface area contributed by atoms with Gasteiger partial charge in [0.15, 0.2) is 5.82 Å². The second kappa shape index (κ2) is 8.40. The Balaban J connectivity index is 1.50. The zero-order valence-electron chi connectivity index (χ0n) is 17.2. The van der Waals surface area contributed by atoms with Crippen molar-refractivity contribution in [1.82, 2.24) is 14.9 Å². The second-order valence-electron chi connectivity index (χ2n) is 8.87. The lowest BCUT2D eigenvalue weighted by Gasteiger charge is -2.29. The van der Waals surface area contributed by atoms with Gasteiger partial charge in [-0.2, -0.15) is 9.97 Å². The van der Waals surface area contributed by atoms with Gasteiger partial charge in [0.25, 0.3) is 0 Å². The lowest BCUT2D eigenvalue weighted by atomic mass is 10.0. The minimum Gasteiger partial charge on any atom is -0.459 e. The Bertz CT molecular complexity index is 935. The van der Waals surface area contributed by atoms with E-state index in [0.29, 0.717) is 22.5 Å². The predicted molar refractivity (Wildman–Crippen MR) is 121 cm³/mol. The van der Waals surface area contributed by atoms with Crippen LogP contribution in [0.5, 0.6) is 6.01 Å². The number of rotatable bonds is 5. The van der Waals surface area contributed by atoms with Gasteiger partial charge < -0.3 is 9.64 Å². The van der Waals surface area contributed by atoms with Crippen LogP contribution in [0.25, 0.3) is 10.9 Å². The Hall–Kier alpha value is -1.18. The maximum absolute atomic E-state index is 15.1. The number of nitrogens with zero attached hydrogens (tertiary/aromatic N) is 4. The quantitative estimate of drug-likeness (QED) is 0.505. The minimum absolute atomic E-state index is 0.0671. The van der Waals surface area contributed by atoms with Crippen LogP contribution in [0.1, 0.15) is 51.9 Å². The van der Waals surface area contributed by atoms with Gasteiger partial charge in [0.2, 0.25) is 0 Å². The van der Waals surface area contributed by atoms with E-state index in [1.165, 1.54) is 19.3 Å². The molecule has 162 valence electrons. The highest BCUT2D eigenvalue weighted by molar-refractivity contribution is 9.10. The average molecular weight is 498 g/mol. The maximum atomic E-state index is 15.1. The van der Waals surface area contributed by atoms with Crippen molar-refractivity contribution in [3.63, 3.8) is 0 Å². The maximum Gasteiger partial charge on any atom is 0.319 e. The first-order valence-corrected chi connectivity index (χ1v) is 12.2. The lowest BCUT2D eigenvalue weighted by Crippen LogP contribution is -2.37. The topological polar surface area (TPSA) is 41.5 Å². The molecular formula is C22H27BrClFN4O. The van der Waals surface area contributed by atoms with E-state index in [0.717, 1.165) is 51.1 Å². The summed E-state index contributed by atoms with van der Waals surface area (Å²) < 4.78 is 21.5. The number of hydrogen-bond acceptors (Lipinski definition) is 5. The molecule has 5 nitrogen and oxygen atoms in total. The molecule has 1 atom stereocenters. The summed E-state index contributed by atoms with van der Waals surface area (Å²) in [7, 11) is 0. The van der Waals surface area contributed by atoms with Crippen LogP contribution in [0.2, 0.25) is 5.02 Å². The van der Waals surface area contributed by atoms with E-state index >= 15 is 4.39 Å². The summed E-state index contributed by atoms with van der Waals surface area (Å²) in [6, 6.07) is 2.94. The van der Waals surface area contributed by atoms with Gasteiger partial charge in [-0.25, -0.2) is 4.39 Å². The molecule has 0 N–H and O–H groups in total. The Kier molecular flexibility index (Phi) is 5.80. The predicted octanol–water partition coefficient (Wildman–Crippen LogP) is 5.57. The highest BCUT2D eigenvalue weighted by atomic mass is 79.9. The fourth-order valence-corrected chi connectivity index (χ4v) is 5.86. The zero-order valence-corrected chi connectivity index (χ0v) is 19.6. The number of fused-ring (bicyclic) bond motifs is 3. The van der Waals surface area contributed by atoms with E-state index in [9.17, 15) is 0 Å². The molecule has 0 radical (unpaired) electrons. The summed E-state index contributed by atoms with van der Waals surface area (Å²) in [6.45, 7) is 5.08. The molecule has 0 aliphatic carbocycles. The summed E-state index contributed by atoms with van der Waals surface area (Å²) in [5.74, 6) is 0.305. The largest absolute Gasteiger partial charge is 0.459 e. The number of ether oxygens (including phenoxy) is 1. The van der Waals surface area contributed by atoms with E-state index in [1.54, 1.807) is 6.07 Å². The molecule has 3 saturated heterocycles. The molecule has 2 bridgehead atoms. The third kappa shape index (κ3) is 3.78. The second-order valence-corrected chi connectivity index (χ2v) is 10.1. The van der Waals surface area contributed by atoms with E-state index in [2.05, 4.69) is 30.7 Å². The highest BCUT2D eigenvalue weighted by Gasteiger charge is 2.41. The number of hydrogen-bond donors (Lipinski definition) is 0. The summed E-state index contributed by atoms with van der Waals surface area (Å²) in [5.41, 5.74) is 0.266. The minimum atomic E-state index is -0.457. The number of likely N-dealkylation sites (tertiary alicyclic amines) is 1. The number of halogens is 3. The molecule has 5 rings (SSSR count). The van der Waals surface area contributed by atoms with Crippen LogP contribution in [0, 0.1) is 5.82 Å². The first-order valence-electron chi connectivity index (χ1n) is 11.0. The van der Waals surface area contributed by atoms with Crippen LogP contribution in [0.3, 0.4) is 0 Å². The smallest absolute Gasteiger partial charge is 0.319 e. The molecule has 1 aromatic carbocycles. The molecule has 3 aliphatic heterocycles. The number of piperidine rings is 1. The Labute approximate surface area is 190 Å². The molecule has 8 heteroatoms. The van der Waals surface area contributed by atoms with Gasteiger partial charge in [-0.05, 0) is 80.5 Å². The van der Waals surface area contributed by atoms with Gasteiger partial charge in [-0.15, -0.1) is 0 Å². The standard InChI is InChI=1S/C22H27BrClFN4O/c1-13(12-28-9-3-2-4-10-28)30-22-26-20-16(11-17(24)18(23)19(20)25)21(27-22)29-14-5-6-15(29)8-7-14/h11,13-15H,2-10,12H2,1H3. The third-order valence-electron chi connectivity index (χ3n) is 6.75. The van der Waals surface area contributed by atoms with E-state index in [1.807, 2.05) is 6.92 Å². The Morgan fingerprint density at radius 2 is 1.83 bits per heavy atom.